The van der Waals surface area contributed by atoms with Crippen molar-refractivity contribution in [3.8, 4) is 22.6 Å². The summed E-state index contributed by atoms with van der Waals surface area (Å²) in [5.41, 5.74) is 3.00. The summed E-state index contributed by atoms with van der Waals surface area (Å²) in [7, 11) is 1.59. The SMILES string of the molecule is CCOC(=O)c1c(-c2ccc(OC)cc2)csc1NC(=O)COc1ccc(C(C)C)cc1Br. The molecule has 0 fully saturated rings. The Hall–Kier alpha value is -2.84. The molecule has 1 aromatic heterocycles. The summed E-state index contributed by atoms with van der Waals surface area (Å²) >= 11 is 4.76. The molecule has 1 N–H and O–H groups in total. The zero-order valence-corrected chi connectivity index (χ0v) is 21.3. The Morgan fingerprint density at radius 2 is 1.85 bits per heavy atom. The van der Waals surface area contributed by atoms with Crippen LogP contribution in [-0.4, -0.2) is 32.2 Å². The van der Waals surface area contributed by atoms with Crippen LogP contribution in [0, 0.1) is 0 Å². The van der Waals surface area contributed by atoms with E-state index in [4.69, 9.17) is 14.2 Å². The van der Waals surface area contributed by atoms with Crippen molar-refractivity contribution in [2.75, 3.05) is 25.6 Å². The molecule has 1 heterocycles. The second-order valence-electron chi connectivity index (χ2n) is 7.48. The van der Waals surface area contributed by atoms with Gasteiger partial charge in [-0.2, -0.15) is 0 Å². The molecule has 0 atom stereocenters. The summed E-state index contributed by atoms with van der Waals surface area (Å²) in [4.78, 5) is 25.3. The van der Waals surface area contributed by atoms with Crippen LogP contribution >= 0.6 is 27.3 Å². The standard InChI is InChI=1S/C25H26BrNO5S/c1-5-31-25(29)23-19(16-6-9-18(30-4)10-7-16)14-33-24(23)27-22(28)13-32-21-11-8-17(15(2)3)12-20(21)26/h6-12,14-15H,5,13H2,1-4H3,(H,27,28). The maximum atomic E-state index is 12.7. The lowest BCUT2D eigenvalue weighted by molar-refractivity contribution is -0.118. The summed E-state index contributed by atoms with van der Waals surface area (Å²) in [5, 5.41) is 5.04. The first-order chi connectivity index (χ1) is 15.8. The van der Waals surface area contributed by atoms with E-state index in [1.54, 1.807) is 14.0 Å². The number of benzene rings is 2. The number of halogens is 1. The van der Waals surface area contributed by atoms with E-state index in [-0.39, 0.29) is 19.1 Å². The second-order valence-corrected chi connectivity index (χ2v) is 9.22. The number of amides is 1. The van der Waals surface area contributed by atoms with Gasteiger partial charge in [0.15, 0.2) is 6.61 Å². The molecule has 0 radical (unpaired) electrons. The van der Waals surface area contributed by atoms with Crippen molar-refractivity contribution in [2.24, 2.45) is 0 Å². The van der Waals surface area contributed by atoms with E-state index in [0.717, 1.165) is 10.0 Å². The van der Waals surface area contributed by atoms with Gasteiger partial charge in [-0.25, -0.2) is 4.79 Å². The van der Waals surface area contributed by atoms with Crippen LogP contribution in [0.5, 0.6) is 11.5 Å². The average Bonchev–Trinajstić information content (AvgIpc) is 3.21. The molecule has 0 unspecified atom stereocenters. The minimum absolute atomic E-state index is 0.197. The van der Waals surface area contributed by atoms with Crippen molar-refractivity contribution in [3.63, 3.8) is 0 Å². The quantitative estimate of drug-likeness (QED) is 0.319. The Labute approximate surface area is 206 Å². The molecule has 3 rings (SSSR count). The first-order valence-electron chi connectivity index (χ1n) is 10.5. The van der Waals surface area contributed by atoms with Crippen LogP contribution in [0.2, 0.25) is 0 Å². The number of esters is 1. The fraction of sp³-hybridized carbons (Fsp3) is 0.280. The van der Waals surface area contributed by atoms with Gasteiger partial charge in [-0.1, -0.05) is 32.0 Å². The first kappa shape index (κ1) is 24.8. The van der Waals surface area contributed by atoms with Crippen LogP contribution in [0.15, 0.2) is 52.3 Å². The molecule has 0 aliphatic heterocycles. The van der Waals surface area contributed by atoms with Gasteiger partial charge in [0.25, 0.3) is 5.91 Å². The molecule has 33 heavy (non-hydrogen) atoms. The summed E-state index contributed by atoms with van der Waals surface area (Å²) in [6, 6.07) is 13.1. The highest BCUT2D eigenvalue weighted by Gasteiger charge is 2.23. The largest absolute Gasteiger partial charge is 0.497 e. The van der Waals surface area contributed by atoms with E-state index in [1.807, 2.05) is 47.8 Å². The van der Waals surface area contributed by atoms with Crippen LogP contribution < -0.4 is 14.8 Å². The number of hydrogen-bond acceptors (Lipinski definition) is 6. The molecule has 1 amide bonds. The Morgan fingerprint density at radius 3 is 2.45 bits per heavy atom. The van der Waals surface area contributed by atoms with Gasteiger partial charge in [-0.15, -0.1) is 11.3 Å². The highest BCUT2D eigenvalue weighted by molar-refractivity contribution is 9.10. The number of anilines is 1. The molecule has 3 aromatic rings. The van der Waals surface area contributed by atoms with Crippen LogP contribution in [-0.2, 0) is 9.53 Å². The van der Waals surface area contributed by atoms with E-state index in [9.17, 15) is 9.59 Å². The fourth-order valence-corrected chi connectivity index (χ4v) is 4.62. The van der Waals surface area contributed by atoms with Gasteiger partial charge >= 0.3 is 5.97 Å². The molecule has 0 saturated carbocycles. The predicted octanol–water partition coefficient (Wildman–Crippen LogP) is 6.50. The van der Waals surface area contributed by atoms with Gasteiger partial charge in [-0.3, -0.25) is 4.79 Å². The van der Waals surface area contributed by atoms with Crippen LogP contribution in [0.3, 0.4) is 0 Å². The third kappa shape index (κ3) is 6.15. The lowest BCUT2D eigenvalue weighted by Gasteiger charge is -2.12. The molecule has 0 aliphatic carbocycles. The summed E-state index contributed by atoms with van der Waals surface area (Å²) in [6.45, 7) is 5.99. The molecule has 0 spiro atoms. The maximum Gasteiger partial charge on any atom is 0.341 e. The Kier molecular flexibility index (Phi) is 8.52. The van der Waals surface area contributed by atoms with Gasteiger partial charge in [0.1, 0.15) is 22.1 Å². The molecule has 0 saturated heterocycles. The number of carbonyl (C=O) groups is 2. The number of rotatable bonds is 9. The molecular formula is C25H26BrNO5S. The van der Waals surface area contributed by atoms with Gasteiger partial charge < -0.3 is 19.5 Å². The Morgan fingerprint density at radius 1 is 1.12 bits per heavy atom. The minimum Gasteiger partial charge on any atom is -0.497 e. The average molecular weight is 532 g/mol. The van der Waals surface area contributed by atoms with E-state index in [2.05, 4.69) is 35.1 Å². The molecule has 6 nitrogen and oxygen atoms in total. The van der Waals surface area contributed by atoms with Gasteiger partial charge in [0.05, 0.1) is 18.2 Å². The number of methoxy groups -OCH3 is 1. The van der Waals surface area contributed by atoms with Crippen molar-refractivity contribution in [3.05, 3.63) is 63.4 Å². The smallest absolute Gasteiger partial charge is 0.341 e. The third-order valence-electron chi connectivity index (χ3n) is 4.91. The molecular weight excluding hydrogens is 506 g/mol. The normalized spacial score (nSPS) is 10.7. The third-order valence-corrected chi connectivity index (χ3v) is 6.42. The summed E-state index contributed by atoms with van der Waals surface area (Å²) < 4.78 is 16.9. The Balaban J connectivity index is 1.77. The van der Waals surface area contributed by atoms with Crippen molar-refractivity contribution < 1.29 is 23.8 Å². The maximum absolute atomic E-state index is 12.7. The number of ether oxygens (including phenoxy) is 3. The monoisotopic (exact) mass is 531 g/mol. The van der Waals surface area contributed by atoms with Crippen LogP contribution in [0.4, 0.5) is 5.00 Å². The topological polar surface area (TPSA) is 73.9 Å². The zero-order valence-electron chi connectivity index (χ0n) is 18.9. The fourth-order valence-electron chi connectivity index (χ4n) is 3.14. The van der Waals surface area contributed by atoms with Crippen LogP contribution in [0.1, 0.15) is 42.6 Å². The van der Waals surface area contributed by atoms with Gasteiger partial charge in [0.2, 0.25) is 0 Å². The van der Waals surface area contributed by atoms with Gasteiger partial charge in [0, 0.05) is 10.9 Å². The first-order valence-corrected chi connectivity index (χ1v) is 12.2. The highest BCUT2D eigenvalue weighted by atomic mass is 79.9. The lowest BCUT2D eigenvalue weighted by Crippen LogP contribution is -2.21. The second kappa shape index (κ2) is 11.3. The Bertz CT molecular complexity index is 1120. The van der Waals surface area contributed by atoms with Crippen LogP contribution in [0.25, 0.3) is 11.1 Å². The number of nitrogens with one attached hydrogen (secondary N) is 1. The lowest BCUT2D eigenvalue weighted by atomic mass is 10.0. The molecule has 174 valence electrons. The number of carbonyl (C=O) groups excluding carboxylic acids is 2. The highest BCUT2D eigenvalue weighted by Crippen LogP contribution is 2.37. The van der Waals surface area contributed by atoms with E-state index in [0.29, 0.717) is 33.5 Å². The molecule has 8 heteroatoms. The number of hydrogen-bond donors (Lipinski definition) is 1. The zero-order chi connectivity index (χ0) is 24.0. The van der Waals surface area contributed by atoms with E-state index >= 15 is 0 Å². The summed E-state index contributed by atoms with van der Waals surface area (Å²) in [6.07, 6.45) is 0. The van der Waals surface area contributed by atoms with Crippen molar-refractivity contribution in [1.29, 1.82) is 0 Å². The number of thiophene rings is 1. The minimum atomic E-state index is -0.493. The van der Waals surface area contributed by atoms with Crippen molar-refractivity contribution in [1.82, 2.24) is 0 Å². The van der Waals surface area contributed by atoms with Crippen molar-refractivity contribution >= 4 is 44.1 Å². The van der Waals surface area contributed by atoms with Gasteiger partial charge in [-0.05, 0) is 64.2 Å². The van der Waals surface area contributed by atoms with E-state index in [1.165, 1.54) is 16.9 Å². The molecule has 0 aliphatic rings. The molecule has 2 aromatic carbocycles. The predicted molar refractivity (Wildman–Crippen MR) is 135 cm³/mol. The summed E-state index contributed by atoms with van der Waals surface area (Å²) in [5.74, 6) is 0.810. The molecule has 0 bridgehead atoms. The van der Waals surface area contributed by atoms with E-state index < -0.39 is 5.97 Å². The van der Waals surface area contributed by atoms with Crippen molar-refractivity contribution in [2.45, 2.75) is 26.7 Å².